The standard InChI is InChI=1S/C13H14N4O/c1-8-5-10(3-4-11(8)14)17-13(18)12-7-15-9(2)6-16-12/h3-7H,14H2,1-2H3,(H,17,18). The molecular weight excluding hydrogens is 228 g/mol. The van der Waals surface area contributed by atoms with Crippen LogP contribution in [-0.2, 0) is 0 Å². The number of anilines is 2. The summed E-state index contributed by atoms with van der Waals surface area (Å²) in [5.41, 5.74) is 9.08. The quantitative estimate of drug-likeness (QED) is 0.788. The third-order valence-electron chi connectivity index (χ3n) is 2.54. The van der Waals surface area contributed by atoms with Crippen molar-refractivity contribution in [3.63, 3.8) is 0 Å². The predicted molar refractivity (Wildman–Crippen MR) is 70.3 cm³/mol. The molecule has 92 valence electrons. The fraction of sp³-hybridized carbons (Fsp3) is 0.154. The van der Waals surface area contributed by atoms with E-state index in [0.717, 1.165) is 11.3 Å². The largest absolute Gasteiger partial charge is 0.399 e. The topological polar surface area (TPSA) is 80.9 Å². The molecule has 0 unspecified atom stereocenters. The Morgan fingerprint density at radius 1 is 1.22 bits per heavy atom. The fourth-order valence-electron chi connectivity index (χ4n) is 1.46. The average Bonchev–Trinajstić information content (AvgIpc) is 2.34. The maximum absolute atomic E-state index is 11.9. The summed E-state index contributed by atoms with van der Waals surface area (Å²) in [7, 11) is 0. The molecule has 0 aliphatic heterocycles. The van der Waals surface area contributed by atoms with Crippen molar-refractivity contribution < 1.29 is 4.79 Å². The van der Waals surface area contributed by atoms with E-state index in [1.807, 2.05) is 19.9 Å². The normalized spacial score (nSPS) is 10.1. The van der Waals surface area contributed by atoms with Crippen LogP contribution in [0.5, 0.6) is 0 Å². The van der Waals surface area contributed by atoms with E-state index in [2.05, 4.69) is 15.3 Å². The second-order valence-electron chi connectivity index (χ2n) is 4.07. The second-order valence-corrected chi connectivity index (χ2v) is 4.07. The van der Waals surface area contributed by atoms with Gasteiger partial charge in [0.05, 0.1) is 11.9 Å². The Kier molecular flexibility index (Phi) is 3.23. The van der Waals surface area contributed by atoms with Crippen LogP contribution in [0.1, 0.15) is 21.7 Å². The molecule has 1 aromatic heterocycles. The molecule has 0 saturated heterocycles. The molecule has 0 atom stereocenters. The van der Waals surface area contributed by atoms with Crippen LogP contribution < -0.4 is 11.1 Å². The molecule has 0 aliphatic rings. The van der Waals surface area contributed by atoms with Crippen LogP contribution in [0.3, 0.4) is 0 Å². The molecule has 1 amide bonds. The van der Waals surface area contributed by atoms with Crippen molar-refractivity contribution in [2.24, 2.45) is 0 Å². The minimum absolute atomic E-state index is 0.285. The molecule has 0 radical (unpaired) electrons. The van der Waals surface area contributed by atoms with Gasteiger partial charge in [0.15, 0.2) is 0 Å². The van der Waals surface area contributed by atoms with Gasteiger partial charge in [0.2, 0.25) is 0 Å². The molecule has 18 heavy (non-hydrogen) atoms. The number of carbonyl (C=O) groups is 1. The summed E-state index contributed by atoms with van der Waals surface area (Å²) in [4.78, 5) is 19.9. The predicted octanol–water partition coefficient (Wildman–Crippen LogP) is 1.93. The molecule has 2 rings (SSSR count). The fourth-order valence-corrected chi connectivity index (χ4v) is 1.46. The molecule has 0 bridgehead atoms. The number of hydrogen-bond donors (Lipinski definition) is 2. The van der Waals surface area contributed by atoms with Crippen LogP contribution >= 0.6 is 0 Å². The first kappa shape index (κ1) is 12.0. The maximum Gasteiger partial charge on any atom is 0.275 e. The smallest absolute Gasteiger partial charge is 0.275 e. The Balaban J connectivity index is 2.16. The number of nitrogens with one attached hydrogen (secondary N) is 1. The monoisotopic (exact) mass is 242 g/mol. The van der Waals surface area contributed by atoms with Gasteiger partial charge >= 0.3 is 0 Å². The second kappa shape index (κ2) is 4.83. The number of nitrogens with zero attached hydrogens (tertiary/aromatic N) is 2. The van der Waals surface area contributed by atoms with Gasteiger partial charge in [0.1, 0.15) is 5.69 Å². The molecule has 0 saturated carbocycles. The Hall–Kier alpha value is -2.43. The van der Waals surface area contributed by atoms with Gasteiger partial charge in [-0.3, -0.25) is 9.78 Å². The molecule has 3 N–H and O–H groups in total. The van der Waals surface area contributed by atoms with E-state index in [0.29, 0.717) is 11.4 Å². The van der Waals surface area contributed by atoms with Gasteiger partial charge in [-0.2, -0.15) is 0 Å². The number of rotatable bonds is 2. The zero-order valence-electron chi connectivity index (χ0n) is 10.3. The number of hydrogen-bond acceptors (Lipinski definition) is 4. The first-order valence-corrected chi connectivity index (χ1v) is 5.52. The Labute approximate surface area is 105 Å². The number of aryl methyl sites for hydroxylation is 2. The van der Waals surface area contributed by atoms with Crippen molar-refractivity contribution in [2.45, 2.75) is 13.8 Å². The summed E-state index contributed by atoms with van der Waals surface area (Å²) in [6.07, 6.45) is 3.01. The van der Waals surface area contributed by atoms with Crippen LogP contribution in [-0.4, -0.2) is 15.9 Å². The van der Waals surface area contributed by atoms with E-state index in [4.69, 9.17) is 5.73 Å². The van der Waals surface area contributed by atoms with E-state index < -0.39 is 0 Å². The van der Waals surface area contributed by atoms with Crippen molar-refractivity contribution in [2.75, 3.05) is 11.1 Å². The first-order valence-electron chi connectivity index (χ1n) is 5.52. The highest BCUT2D eigenvalue weighted by Crippen LogP contribution is 2.16. The number of aromatic nitrogens is 2. The van der Waals surface area contributed by atoms with E-state index >= 15 is 0 Å². The van der Waals surface area contributed by atoms with E-state index in [1.54, 1.807) is 18.3 Å². The van der Waals surface area contributed by atoms with E-state index in [-0.39, 0.29) is 11.6 Å². The molecule has 0 spiro atoms. The number of amides is 1. The van der Waals surface area contributed by atoms with Crippen molar-refractivity contribution in [1.82, 2.24) is 9.97 Å². The van der Waals surface area contributed by atoms with Crippen LogP contribution in [0.2, 0.25) is 0 Å². The third kappa shape index (κ3) is 2.63. The van der Waals surface area contributed by atoms with Gasteiger partial charge in [0.25, 0.3) is 5.91 Å². The molecule has 5 nitrogen and oxygen atoms in total. The van der Waals surface area contributed by atoms with Crippen molar-refractivity contribution in [3.05, 3.63) is 47.5 Å². The van der Waals surface area contributed by atoms with Gasteiger partial charge in [-0.05, 0) is 37.6 Å². The molecule has 5 heteroatoms. The number of nitrogens with two attached hydrogens (primary N) is 1. The number of nitrogen functional groups attached to an aromatic ring is 1. The zero-order valence-corrected chi connectivity index (χ0v) is 10.3. The van der Waals surface area contributed by atoms with Crippen LogP contribution in [0.25, 0.3) is 0 Å². The summed E-state index contributed by atoms with van der Waals surface area (Å²) in [6, 6.07) is 5.32. The zero-order chi connectivity index (χ0) is 13.1. The SMILES string of the molecule is Cc1cnc(C(=O)Nc2ccc(N)c(C)c2)cn1. The molecule has 0 fully saturated rings. The first-order chi connectivity index (χ1) is 8.56. The molecule has 2 aromatic rings. The lowest BCUT2D eigenvalue weighted by Crippen LogP contribution is -2.14. The summed E-state index contributed by atoms with van der Waals surface area (Å²) in [6.45, 7) is 3.70. The Morgan fingerprint density at radius 3 is 2.61 bits per heavy atom. The summed E-state index contributed by atoms with van der Waals surface area (Å²) >= 11 is 0. The van der Waals surface area contributed by atoms with Crippen LogP contribution in [0.4, 0.5) is 11.4 Å². The highest BCUT2D eigenvalue weighted by molar-refractivity contribution is 6.02. The lowest BCUT2D eigenvalue weighted by molar-refractivity contribution is 0.102. The highest BCUT2D eigenvalue weighted by atomic mass is 16.1. The van der Waals surface area contributed by atoms with Gasteiger partial charge in [-0.15, -0.1) is 0 Å². The molecular formula is C13H14N4O. The minimum Gasteiger partial charge on any atom is -0.399 e. The molecule has 0 aliphatic carbocycles. The average molecular weight is 242 g/mol. The maximum atomic E-state index is 11.9. The Morgan fingerprint density at radius 2 is 2.00 bits per heavy atom. The minimum atomic E-state index is -0.285. The van der Waals surface area contributed by atoms with Gasteiger partial charge in [-0.25, -0.2) is 4.98 Å². The van der Waals surface area contributed by atoms with Crippen molar-refractivity contribution in [1.29, 1.82) is 0 Å². The van der Waals surface area contributed by atoms with E-state index in [1.165, 1.54) is 6.20 Å². The summed E-state index contributed by atoms with van der Waals surface area (Å²) < 4.78 is 0. The lowest BCUT2D eigenvalue weighted by atomic mass is 10.2. The van der Waals surface area contributed by atoms with Crippen molar-refractivity contribution in [3.8, 4) is 0 Å². The number of benzene rings is 1. The third-order valence-corrected chi connectivity index (χ3v) is 2.54. The molecule has 1 aromatic carbocycles. The van der Waals surface area contributed by atoms with Crippen molar-refractivity contribution >= 4 is 17.3 Å². The van der Waals surface area contributed by atoms with Gasteiger partial charge in [-0.1, -0.05) is 0 Å². The highest BCUT2D eigenvalue weighted by Gasteiger charge is 2.08. The van der Waals surface area contributed by atoms with E-state index in [9.17, 15) is 4.79 Å². The summed E-state index contributed by atoms with van der Waals surface area (Å²) in [5.74, 6) is -0.285. The van der Waals surface area contributed by atoms with Gasteiger partial charge in [0, 0.05) is 17.6 Å². The molecule has 1 heterocycles. The summed E-state index contributed by atoms with van der Waals surface area (Å²) in [5, 5.41) is 2.75. The number of carbonyl (C=O) groups excluding carboxylic acids is 1. The lowest BCUT2D eigenvalue weighted by Gasteiger charge is -2.07. The van der Waals surface area contributed by atoms with Gasteiger partial charge < -0.3 is 11.1 Å². The Bertz CT molecular complexity index is 578. The van der Waals surface area contributed by atoms with Crippen LogP contribution in [0, 0.1) is 13.8 Å². The van der Waals surface area contributed by atoms with Crippen LogP contribution in [0.15, 0.2) is 30.6 Å².